The maximum atomic E-state index is 11.8. The fourth-order valence-electron chi connectivity index (χ4n) is 4.37. The topological polar surface area (TPSA) is 81.7 Å². The van der Waals surface area contributed by atoms with Crippen molar-refractivity contribution in [1.82, 2.24) is 0 Å². The lowest BCUT2D eigenvalue weighted by Crippen LogP contribution is -2.29. The van der Waals surface area contributed by atoms with E-state index < -0.39 is 11.9 Å². The first-order valence-corrected chi connectivity index (χ1v) is 9.92. The average molecular weight is 405 g/mol. The largest absolute Gasteiger partial charge is 0.427 e. The van der Waals surface area contributed by atoms with Crippen molar-refractivity contribution < 1.29 is 23.9 Å². The second kappa shape index (κ2) is 7.78. The molecule has 0 fully saturated rings. The molecule has 1 aliphatic carbocycles. The van der Waals surface area contributed by atoms with Gasteiger partial charge in [-0.05, 0) is 55.2 Å². The molecule has 3 atom stereocenters. The zero-order valence-corrected chi connectivity index (χ0v) is 17.1. The molecular weight excluding hydrogens is 382 g/mol. The summed E-state index contributed by atoms with van der Waals surface area (Å²) in [6.45, 7) is 4.23. The van der Waals surface area contributed by atoms with Gasteiger partial charge in [0.15, 0.2) is 5.78 Å². The Labute approximate surface area is 174 Å². The number of anilines is 1. The Morgan fingerprint density at radius 3 is 2.40 bits per heavy atom. The number of esters is 2. The average Bonchev–Trinajstić information content (AvgIpc) is 3.16. The third-order valence-corrected chi connectivity index (χ3v) is 5.60. The van der Waals surface area contributed by atoms with E-state index in [9.17, 15) is 14.4 Å². The molecule has 0 saturated carbocycles. The number of carbonyl (C=O) groups is 3. The molecular formula is C24H23NO5. The smallest absolute Gasteiger partial charge is 0.308 e. The summed E-state index contributed by atoms with van der Waals surface area (Å²) in [4.78, 5) is 34.9. The number of allylic oxidation sites excluding steroid dienone is 2. The predicted octanol–water partition coefficient (Wildman–Crippen LogP) is 4.57. The molecule has 2 aliphatic rings. The van der Waals surface area contributed by atoms with Gasteiger partial charge in [-0.2, -0.15) is 0 Å². The van der Waals surface area contributed by atoms with Crippen molar-refractivity contribution in [2.24, 2.45) is 5.92 Å². The number of rotatable bonds is 4. The van der Waals surface area contributed by atoms with Crippen LogP contribution in [0.25, 0.3) is 0 Å². The highest BCUT2D eigenvalue weighted by atomic mass is 16.5. The van der Waals surface area contributed by atoms with Gasteiger partial charge >= 0.3 is 11.9 Å². The monoisotopic (exact) mass is 405 g/mol. The maximum Gasteiger partial charge on any atom is 0.308 e. The molecule has 154 valence electrons. The van der Waals surface area contributed by atoms with E-state index in [1.807, 2.05) is 24.3 Å². The number of Topliss-reactive ketones (excluding diaryl/α,β-unsaturated/α-hetero) is 1. The summed E-state index contributed by atoms with van der Waals surface area (Å²) < 4.78 is 10.6. The Hall–Kier alpha value is -3.41. The van der Waals surface area contributed by atoms with Gasteiger partial charge in [0.2, 0.25) is 0 Å². The van der Waals surface area contributed by atoms with Crippen LogP contribution in [0.4, 0.5) is 5.69 Å². The number of carbonyl (C=O) groups excluding carboxylic acids is 3. The molecule has 6 nitrogen and oxygen atoms in total. The van der Waals surface area contributed by atoms with Crippen LogP contribution in [0.1, 0.15) is 60.6 Å². The lowest BCUT2D eigenvalue weighted by molar-refractivity contribution is -0.132. The molecule has 30 heavy (non-hydrogen) atoms. The lowest BCUT2D eigenvalue weighted by atomic mass is 9.76. The standard InChI is InChI=1S/C24H23NO5/c1-13(26)16-7-10-22-21(11-16)18-5-4-6-19(18)24(25-22)20-9-8-17(29-14(2)27)12-23(20)30-15(3)28/h4-5,7-12,18-19,24-25H,6H2,1-3H3. The zero-order valence-electron chi connectivity index (χ0n) is 17.1. The summed E-state index contributed by atoms with van der Waals surface area (Å²) in [5.74, 6) is 0.204. The van der Waals surface area contributed by atoms with Gasteiger partial charge in [0.25, 0.3) is 0 Å². The molecule has 1 heterocycles. The lowest BCUT2D eigenvalue weighted by Gasteiger charge is -2.38. The minimum absolute atomic E-state index is 0.0386. The van der Waals surface area contributed by atoms with E-state index in [1.165, 1.54) is 13.8 Å². The van der Waals surface area contributed by atoms with Crippen molar-refractivity contribution in [1.29, 1.82) is 0 Å². The first kappa shape index (κ1) is 19.9. The van der Waals surface area contributed by atoms with Gasteiger partial charge in [-0.25, -0.2) is 0 Å². The first-order valence-electron chi connectivity index (χ1n) is 9.92. The van der Waals surface area contributed by atoms with E-state index in [0.29, 0.717) is 17.1 Å². The molecule has 0 amide bonds. The Bertz CT molecular complexity index is 1070. The van der Waals surface area contributed by atoms with Gasteiger partial charge in [-0.1, -0.05) is 12.2 Å². The number of hydrogen-bond acceptors (Lipinski definition) is 6. The molecule has 4 rings (SSSR count). The molecule has 1 N–H and O–H groups in total. The van der Waals surface area contributed by atoms with Crippen LogP contribution in [0.3, 0.4) is 0 Å². The highest BCUT2D eigenvalue weighted by Gasteiger charge is 2.39. The van der Waals surface area contributed by atoms with E-state index >= 15 is 0 Å². The number of nitrogens with one attached hydrogen (secondary N) is 1. The van der Waals surface area contributed by atoms with Crippen molar-refractivity contribution in [3.8, 4) is 11.5 Å². The van der Waals surface area contributed by atoms with Gasteiger partial charge in [-0.3, -0.25) is 14.4 Å². The van der Waals surface area contributed by atoms with E-state index in [-0.39, 0.29) is 23.7 Å². The summed E-state index contributed by atoms with van der Waals surface area (Å²) in [6.07, 6.45) is 5.19. The van der Waals surface area contributed by atoms with Crippen LogP contribution in [0, 0.1) is 5.92 Å². The Kier molecular flexibility index (Phi) is 5.16. The van der Waals surface area contributed by atoms with E-state index in [4.69, 9.17) is 9.47 Å². The van der Waals surface area contributed by atoms with Gasteiger partial charge < -0.3 is 14.8 Å². The second-order valence-corrected chi connectivity index (χ2v) is 7.72. The van der Waals surface area contributed by atoms with Gasteiger partial charge in [-0.15, -0.1) is 0 Å². The SMILES string of the molecule is CC(=O)Oc1ccc(C2Nc3ccc(C(C)=O)cc3C3C=CCC32)c(OC(C)=O)c1. The maximum absolute atomic E-state index is 11.8. The molecule has 1 aliphatic heterocycles. The first-order chi connectivity index (χ1) is 14.3. The highest BCUT2D eigenvalue weighted by molar-refractivity contribution is 5.95. The fourth-order valence-corrected chi connectivity index (χ4v) is 4.37. The molecule has 0 spiro atoms. The Morgan fingerprint density at radius 2 is 1.70 bits per heavy atom. The van der Waals surface area contributed by atoms with Crippen LogP contribution in [-0.2, 0) is 9.59 Å². The van der Waals surface area contributed by atoms with Crippen LogP contribution in [0.15, 0.2) is 48.6 Å². The normalized spacial score (nSPS) is 21.2. The van der Waals surface area contributed by atoms with Crippen molar-refractivity contribution in [2.45, 2.75) is 39.2 Å². The van der Waals surface area contributed by atoms with Crippen LogP contribution in [-0.4, -0.2) is 17.7 Å². The molecule has 0 aromatic heterocycles. The summed E-state index contributed by atoms with van der Waals surface area (Å²) in [6, 6.07) is 10.7. The van der Waals surface area contributed by atoms with Crippen molar-refractivity contribution >= 4 is 23.4 Å². The van der Waals surface area contributed by atoms with Gasteiger partial charge in [0.05, 0.1) is 6.04 Å². The number of benzene rings is 2. The summed E-state index contributed by atoms with van der Waals surface area (Å²) in [5.41, 5.74) is 3.57. The number of ether oxygens (including phenoxy) is 2. The molecule has 0 saturated heterocycles. The minimum atomic E-state index is -0.445. The van der Waals surface area contributed by atoms with E-state index in [0.717, 1.165) is 23.2 Å². The molecule has 2 aromatic rings. The van der Waals surface area contributed by atoms with Crippen LogP contribution in [0.5, 0.6) is 11.5 Å². The highest BCUT2D eigenvalue weighted by Crippen LogP contribution is 2.51. The van der Waals surface area contributed by atoms with Gasteiger partial charge in [0, 0.05) is 42.6 Å². The molecule has 0 bridgehead atoms. The fraction of sp³-hybridized carbons (Fsp3) is 0.292. The summed E-state index contributed by atoms with van der Waals surface area (Å²) >= 11 is 0. The van der Waals surface area contributed by atoms with E-state index in [2.05, 4.69) is 17.5 Å². The zero-order chi connectivity index (χ0) is 21.4. The number of hydrogen-bond donors (Lipinski definition) is 1. The van der Waals surface area contributed by atoms with Crippen molar-refractivity contribution in [2.75, 3.05) is 5.32 Å². The number of ketones is 1. The molecule has 0 radical (unpaired) electrons. The van der Waals surface area contributed by atoms with Crippen LogP contribution < -0.4 is 14.8 Å². The molecule has 2 aromatic carbocycles. The molecule has 3 unspecified atom stereocenters. The quantitative estimate of drug-likeness (QED) is 0.347. The molecule has 6 heteroatoms. The summed E-state index contributed by atoms with van der Waals surface area (Å²) in [5, 5.41) is 3.57. The second-order valence-electron chi connectivity index (χ2n) is 7.72. The van der Waals surface area contributed by atoms with Crippen molar-refractivity contribution in [3.05, 3.63) is 65.2 Å². The van der Waals surface area contributed by atoms with Gasteiger partial charge in [0.1, 0.15) is 11.5 Å². The van der Waals surface area contributed by atoms with E-state index in [1.54, 1.807) is 19.1 Å². The van der Waals surface area contributed by atoms with Crippen LogP contribution in [0.2, 0.25) is 0 Å². The Balaban J connectivity index is 1.76. The third-order valence-electron chi connectivity index (χ3n) is 5.60. The predicted molar refractivity (Wildman–Crippen MR) is 112 cm³/mol. The van der Waals surface area contributed by atoms with Crippen molar-refractivity contribution in [3.63, 3.8) is 0 Å². The Morgan fingerprint density at radius 1 is 0.933 bits per heavy atom. The minimum Gasteiger partial charge on any atom is -0.427 e. The number of fused-ring (bicyclic) bond motifs is 3. The third kappa shape index (κ3) is 3.73. The van der Waals surface area contributed by atoms with Crippen LogP contribution >= 0.6 is 0 Å². The summed E-state index contributed by atoms with van der Waals surface area (Å²) in [7, 11) is 0.